The van der Waals surface area contributed by atoms with Gasteiger partial charge in [0, 0.05) is 14.1 Å². The third-order valence-electron chi connectivity index (χ3n) is 6.53. The minimum Gasteiger partial charge on any atom is -0.497 e. The van der Waals surface area contributed by atoms with E-state index in [1.807, 2.05) is 19.1 Å². The zero-order valence-electron chi connectivity index (χ0n) is 18.8. The molecule has 1 saturated heterocycles. The van der Waals surface area contributed by atoms with E-state index in [9.17, 15) is 14.4 Å². The van der Waals surface area contributed by atoms with Gasteiger partial charge >= 0.3 is 5.69 Å². The number of nitrogens with two attached hydrogens (primary N) is 1. The van der Waals surface area contributed by atoms with E-state index in [1.54, 1.807) is 7.11 Å². The number of nitrogens with zero attached hydrogens (tertiary/aromatic N) is 3. The lowest BCUT2D eigenvalue weighted by molar-refractivity contribution is 0.0765. The van der Waals surface area contributed by atoms with Gasteiger partial charge in [-0.2, -0.15) is 0 Å². The van der Waals surface area contributed by atoms with Crippen molar-refractivity contribution in [1.29, 1.82) is 0 Å². The average Bonchev–Trinajstić information content (AvgIpc) is 2.80. The zero-order valence-corrected chi connectivity index (χ0v) is 18.8. The second kappa shape index (κ2) is 9.51. The molecular formula is C23H32N4O4. The highest BCUT2D eigenvalue weighted by molar-refractivity contribution is 6.03. The van der Waals surface area contributed by atoms with Gasteiger partial charge in [-0.25, -0.2) is 4.79 Å². The van der Waals surface area contributed by atoms with Crippen LogP contribution in [0.3, 0.4) is 0 Å². The molecule has 1 aromatic carbocycles. The molecule has 2 aromatic rings. The van der Waals surface area contributed by atoms with Gasteiger partial charge in [-0.15, -0.1) is 0 Å². The number of piperidine rings is 1. The Morgan fingerprint density at radius 1 is 1.13 bits per heavy atom. The Morgan fingerprint density at radius 3 is 2.32 bits per heavy atom. The molecule has 2 N–H and O–H groups in total. The Morgan fingerprint density at radius 2 is 1.74 bits per heavy atom. The number of benzene rings is 1. The van der Waals surface area contributed by atoms with E-state index < -0.39 is 17.3 Å². The lowest BCUT2D eigenvalue weighted by Crippen LogP contribution is -2.48. The van der Waals surface area contributed by atoms with Gasteiger partial charge in [0.25, 0.3) is 5.56 Å². The molecule has 1 aromatic heterocycles. The van der Waals surface area contributed by atoms with Crippen molar-refractivity contribution in [3.05, 3.63) is 56.2 Å². The molecule has 8 nitrogen and oxygen atoms in total. The maximum absolute atomic E-state index is 13.1. The zero-order chi connectivity index (χ0) is 22.7. The van der Waals surface area contributed by atoms with Gasteiger partial charge in [0.15, 0.2) is 5.78 Å². The van der Waals surface area contributed by atoms with Gasteiger partial charge in [0.05, 0.1) is 13.2 Å². The van der Waals surface area contributed by atoms with Gasteiger partial charge in [-0.1, -0.05) is 12.1 Å². The molecule has 1 aliphatic heterocycles. The summed E-state index contributed by atoms with van der Waals surface area (Å²) < 4.78 is 7.28. The molecule has 0 aliphatic carbocycles. The first-order valence-electron chi connectivity index (χ1n) is 10.7. The number of aromatic nitrogens is 2. The van der Waals surface area contributed by atoms with Crippen LogP contribution in [0.5, 0.6) is 5.75 Å². The number of anilines is 1. The highest BCUT2D eigenvalue weighted by Gasteiger charge is 2.30. The fourth-order valence-electron chi connectivity index (χ4n) is 4.26. The summed E-state index contributed by atoms with van der Waals surface area (Å²) in [6.45, 7) is 3.41. The van der Waals surface area contributed by atoms with Crippen molar-refractivity contribution in [2.75, 3.05) is 25.9 Å². The summed E-state index contributed by atoms with van der Waals surface area (Å²) in [5.74, 6) is 1.07. The molecule has 1 fully saturated rings. The molecule has 0 amide bonds. The van der Waals surface area contributed by atoms with Crippen molar-refractivity contribution in [3.8, 4) is 5.75 Å². The van der Waals surface area contributed by atoms with Crippen molar-refractivity contribution < 1.29 is 9.53 Å². The number of hydrogen-bond acceptors (Lipinski definition) is 6. The van der Waals surface area contributed by atoms with Crippen LogP contribution in [0.25, 0.3) is 0 Å². The number of Topliss-reactive ketones (excluding diaryl/α,β-unsaturated/α-hetero) is 1. The molecule has 0 saturated carbocycles. The first-order valence-corrected chi connectivity index (χ1v) is 10.7. The van der Waals surface area contributed by atoms with E-state index in [0.717, 1.165) is 53.7 Å². The maximum Gasteiger partial charge on any atom is 0.332 e. The van der Waals surface area contributed by atoms with Crippen molar-refractivity contribution >= 4 is 11.6 Å². The third-order valence-corrected chi connectivity index (χ3v) is 6.53. The lowest BCUT2D eigenvalue weighted by atomic mass is 9.89. The SMILES string of the molecule is COc1ccc(CCC2CCN(C(C)C(=O)c3c(N)n(C)c(=O)n(C)c3=O)CC2)cc1. The Bertz CT molecular complexity index is 1050. The van der Waals surface area contributed by atoms with E-state index in [1.165, 1.54) is 19.7 Å². The first kappa shape index (κ1) is 22.8. The standard InChI is InChI=1S/C23H32N4O4/c1-15(20(28)19-21(24)25(2)23(30)26(3)22(19)29)27-13-11-17(12-14-27)6-5-16-7-9-18(31-4)10-8-16/h7-10,15,17H,5-6,11-14,24H2,1-4H3. The van der Waals surface area contributed by atoms with Gasteiger partial charge in [-0.3, -0.25) is 23.6 Å². The summed E-state index contributed by atoms with van der Waals surface area (Å²) in [6.07, 6.45) is 4.15. The molecule has 2 heterocycles. The van der Waals surface area contributed by atoms with Gasteiger partial charge in [0.2, 0.25) is 0 Å². The molecule has 0 spiro atoms. The number of nitrogen functional groups attached to an aromatic ring is 1. The molecule has 31 heavy (non-hydrogen) atoms. The smallest absolute Gasteiger partial charge is 0.332 e. The second-order valence-electron chi connectivity index (χ2n) is 8.37. The summed E-state index contributed by atoms with van der Waals surface area (Å²) in [7, 11) is 4.49. The fraction of sp³-hybridized carbons (Fsp3) is 0.522. The topological polar surface area (TPSA) is 99.6 Å². The number of methoxy groups -OCH3 is 1. The van der Waals surface area contributed by atoms with Crippen molar-refractivity contribution in [3.63, 3.8) is 0 Å². The maximum atomic E-state index is 13.1. The van der Waals surface area contributed by atoms with Gasteiger partial charge < -0.3 is 10.5 Å². The molecular weight excluding hydrogens is 396 g/mol. The van der Waals surface area contributed by atoms with Crippen LogP contribution in [0.2, 0.25) is 0 Å². The number of carbonyl (C=O) groups excluding carboxylic acids is 1. The molecule has 1 unspecified atom stereocenters. The predicted octanol–water partition coefficient (Wildman–Crippen LogP) is 1.59. The van der Waals surface area contributed by atoms with Crippen LogP contribution in [-0.4, -0.2) is 46.1 Å². The molecule has 168 valence electrons. The monoisotopic (exact) mass is 428 g/mol. The number of carbonyl (C=O) groups is 1. The largest absolute Gasteiger partial charge is 0.497 e. The molecule has 8 heteroatoms. The van der Waals surface area contributed by atoms with Crippen molar-refractivity contribution in [2.24, 2.45) is 20.0 Å². The lowest BCUT2D eigenvalue weighted by Gasteiger charge is -2.35. The van der Waals surface area contributed by atoms with Gasteiger partial charge in [-0.05, 0) is 69.3 Å². The van der Waals surface area contributed by atoms with E-state index >= 15 is 0 Å². The average molecular weight is 429 g/mol. The molecule has 1 aliphatic rings. The van der Waals surface area contributed by atoms with Crippen molar-refractivity contribution in [2.45, 2.75) is 38.6 Å². The molecule has 3 rings (SSSR count). The number of ketones is 1. The summed E-state index contributed by atoms with van der Waals surface area (Å²) >= 11 is 0. The Balaban J connectivity index is 1.60. The summed E-state index contributed by atoms with van der Waals surface area (Å²) in [5, 5.41) is 0. The van der Waals surface area contributed by atoms with E-state index in [0.29, 0.717) is 5.92 Å². The van der Waals surface area contributed by atoms with E-state index in [2.05, 4.69) is 17.0 Å². The normalized spacial score (nSPS) is 16.3. The number of rotatable bonds is 7. The quantitative estimate of drug-likeness (QED) is 0.673. The van der Waals surface area contributed by atoms with Crippen LogP contribution in [0.4, 0.5) is 5.82 Å². The van der Waals surface area contributed by atoms with E-state index in [-0.39, 0.29) is 17.2 Å². The van der Waals surface area contributed by atoms with Crippen LogP contribution in [0.15, 0.2) is 33.9 Å². The summed E-state index contributed by atoms with van der Waals surface area (Å²) in [6, 6.07) is 7.72. The van der Waals surface area contributed by atoms with Crippen LogP contribution >= 0.6 is 0 Å². The van der Waals surface area contributed by atoms with Crippen LogP contribution in [0.1, 0.15) is 42.1 Å². The molecule has 0 radical (unpaired) electrons. The fourth-order valence-corrected chi connectivity index (χ4v) is 4.26. The van der Waals surface area contributed by atoms with Crippen molar-refractivity contribution in [1.82, 2.24) is 14.0 Å². The summed E-state index contributed by atoms with van der Waals surface area (Å²) in [4.78, 5) is 39.7. The second-order valence-corrected chi connectivity index (χ2v) is 8.37. The highest BCUT2D eigenvalue weighted by atomic mass is 16.5. The molecule has 0 bridgehead atoms. The number of likely N-dealkylation sites (tertiary alicyclic amines) is 1. The third kappa shape index (κ3) is 4.74. The number of aryl methyl sites for hydroxylation is 1. The Kier molecular flexibility index (Phi) is 7.00. The first-order chi connectivity index (χ1) is 14.7. The van der Waals surface area contributed by atoms with Gasteiger partial charge in [0.1, 0.15) is 17.1 Å². The number of hydrogen-bond donors (Lipinski definition) is 1. The molecule has 1 atom stereocenters. The van der Waals surface area contributed by atoms with E-state index in [4.69, 9.17) is 10.5 Å². The van der Waals surface area contributed by atoms with Crippen LogP contribution in [0, 0.1) is 5.92 Å². The predicted molar refractivity (Wildman–Crippen MR) is 121 cm³/mol. The Hall–Kier alpha value is -2.87. The van der Waals surface area contributed by atoms with Crippen LogP contribution < -0.4 is 21.7 Å². The summed E-state index contributed by atoms with van der Waals surface area (Å²) in [5.41, 5.74) is 5.99. The number of ether oxygens (including phenoxy) is 1. The minimum absolute atomic E-state index is 0.0701. The highest BCUT2D eigenvalue weighted by Crippen LogP contribution is 2.25. The minimum atomic E-state index is -0.633. The van der Waals surface area contributed by atoms with Crippen LogP contribution in [-0.2, 0) is 20.5 Å². The Labute approximate surface area is 182 Å².